The van der Waals surface area contributed by atoms with Crippen LogP contribution in [0.2, 0.25) is 0 Å². The highest BCUT2D eigenvalue weighted by atomic mass is 79.9. The molecule has 0 amide bonds. The minimum Gasteiger partial charge on any atom is -0.494 e. The van der Waals surface area contributed by atoms with E-state index in [9.17, 15) is 4.39 Å². The second kappa shape index (κ2) is 5.82. The van der Waals surface area contributed by atoms with Crippen LogP contribution in [-0.4, -0.2) is 12.1 Å². The van der Waals surface area contributed by atoms with E-state index in [1.54, 1.807) is 24.5 Å². The minimum absolute atomic E-state index is 0.237. The van der Waals surface area contributed by atoms with Gasteiger partial charge in [-0.25, -0.2) is 4.39 Å². The molecule has 0 bridgehead atoms. The van der Waals surface area contributed by atoms with Gasteiger partial charge in [0.2, 0.25) is 0 Å². The van der Waals surface area contributed by atoms with Crippen LogP contribution in [0.15, 0.2) is 41.1 Å². The Kier molecular flexibility index (Phi) is 4.15. The average molecular weight is 311 g/mol. The summed E-state index contributed by atoms with van der Waals surface area (Å²) in [5.41, 5.74) is 1.37. The Morgan fingerprint density at radius 2 is 2.22 bits per heavy atom. The lowest BCUT2D eigenvalue weighted by molar-refractivity contribution is 0.384. The van der Waals surface area contributed by atoms with Crippen LogP contribution in [0.4, 0.5) is 10.1 Å². The van der Waals surface area contributed by atoms with Crippen molar-refractivity contribution in [3.8, 4) is 5.75 Å². The molecule has 2 aromatic rings. The van der Waals surface area contributed by atoms with Crippen molar-refractivity contribution in [1.82, 2.24) is 4.98 Å². The smallest absolute Gasteiger partial charge is 0.171 e. The largest absolute Gasteiger partial charge is 0.494 e. The van der Waals surface area contributed by atoms with Gasteiger partial charge in [-0.15, -0.1) is 0 Å². The fourth-order valence-electron chi connectivity index (χ4n) is 1.55. The van der Waals surface area contributed by atoms with E-state index in [0.717, 1.165) is 5.69 Å². The quantitative estimate of drug-likeness (QED) is 0.937. The molecule has 0 aliphatic rings. The lowest BCUT2D eigenvalue weighted by atomic mass is 10.2. The molecule has 0 spiro atoms. The number of hydrogen-bond donors (Lipinski definition) is 1. The van der Waals surface area contributed by atoms with Gasteiger partial charge in [0, 0.05) is 29.0 Å². The molecule has 0 atom stereocenters. The van der Waals surface area contributed by atoms with Gasteiger partial charge in [-0.05, 0) is 24.3 Å². The van der Waals surface area contributed by atoms with E-state index in [4.69, 9.17) is 4.74 Å². The van der Waals surface area contributed by atoms with Crippen molar-refractivity contribution in [2.75, 3.05) is 12.4 Å². The Balaban J connectivity index is 2.19. The van der Waals surface area contributed by atoms with E-state index in [-0.39, 0.29) is 11.6 Å². The first-order valence-corrected chi connectivity index (χ1v) is 6.16. The van der Waals surface area contributed by atoms with Gasteiger partial charge in [0.25, 0.3) is 0 Å². The van der Waals surface area contributed by atoms with Gasteiger partial charge in [0.15, 0.2) is 11.6 Å². The number of aromatic nitrogens is 1. The Hall–Kier alpha value is -1.62. The first kappa shape index (κ1) is 12.8. The highest BCUT2D eigenvalue weighted by molar-refractivity contribution is 9.10. The molecule has 0 fully saturated rings. The lowest BCUT2D eigenvalue weighted by Gasteiger charge is -2.11. The summed E-state index contributed by atoms with van der Waals surface area (Å²) >= 11 is 3.33. The Labute approximate surface area is 113 Å². The van der Waals surface area contributed by atoms with E-state index >= 15 is 0 Å². The summed E-state index contributed by atoms with van der Waals surface area (Å²) in [6.45, 7) is 0.356. The predicted octanol–water partition coefficient (Wildman–Crippen LogP) is 3.60. The van der Waals surface area contributed by atoms with Gasteiger partial charge in [-0.1, -0.05) is 15.9 Å². The number of anilines is 1. The minimum atomic E-state index is -0.358. The molecule has 1 aromatic carbocycles. The third-order valence-electron chi connectivity index (χ3n) is 2.50. The molecule has 0 aliphatic carbocycles. The van der Waals surface area contributed by atoms with Gasteiger partial charge in [0.1, 0.15) is 0 Å². The molecular formula is C13H12BrFN2O. The summed E-state index contributed by atoms with van der Waals surface area (Å²) in [5, 5.41) is 3.11. The maximum atomic E-state index is 14.0. The third-order valence-corrected chi connectivity index (χ3v) is 3.24. The number of pyridine rings is 1. The standard InChI is InChI=1S/C13H12BrFN2O/c1-18-12-5-4-11(14)10(13(12)15)8-17-9-3-2-6-16-7-9/h2-7,17H,8H2,1H3. The van der Waals surface area contributed by atoms with Gasteiger partial charge in [-0.3, -0.25) is 4.98 Å². The second-order valence-electron chi connectivity index (χ2n) is 3.64. The zero-order chi connectivity index (χ0) is 13.0. The highest BCUT2D eigenvalue weighted by Gasteiger charge is 2.12. The first-order chi connectivity index (χ1) is 8.72. The molecule has 5 heteroatoms. The number of nitrogens with zero attached hydrogens (tertiary/aromatic N) is 1. The Morgan fingerprint density at radius 3 is 2.89 bits per heavy atom. The van der Waals surface area contributed by atoms with Gasteiger partial charge in [0.05, 0.1) is 12.8 Å². The van der Waals surface area contributed by atoms with Crippen LogP contribution in [-0.2, 0) is 6.54 Å². The molecule has 0 saturated carbocycles. The molecule has 3 nitrogen and oxygen atoms in total. The van der Waals surface area contributed by atoms with Crippen LogP contribution in [0.1, 0.15) is 5.56 Å². The molecule has 0 unspecified atom stereocenters. The van der Waals surface area contributed by atoms with Gasteiger partial charge >= 0.3 is 0 Å². The van der Waals surface area contributed by atoms with E-state index in [2.05, 4.69) is 26.2 Å². The average Bonchev–Trinajstić information content (AvgIpc) is 2.40. The van der Waals surface area contributed by atoms with Crippen LogP contribution < -0.4 is 10.1 Å². The number of hydrogen-bond acceptors (Lipinski definition) is 3. The van der Waals surface area contributed by atoms with Crippen molar-refractivity contribution in [2.24, 2.45) is 0 Å². The molecular weight excluding hydrogens is 299 g/mol. The Bertz CT molecular complexity index is 534. The summed E-state index contributed by atoms with van der Waals surface area (Å²) in [6.07, 6.45) is 3.37. The topological polar surface area (TPSA) is 34.1 Å². The maximum Gasteiger partial charge on any atom is 0.171 e. The number of nitrogens with one attached hydrogen (secondary N) is 1. The number of methoxy groups -OCH3 is 1. The van der Waals surface area contributed by atoms with Crippen LogP contribution in [0.25, 0.3) is 0 Å². The van der Waals surface area contributed by atoms with Crippen LogP contribution >= 0.6 is 15.9 Å². The van der Waals surface area contributed by atoms with Crippen LogP contribution in [0, 0.1) is 5.82 Å². The molecule has 1 heterocycles. The fourth-order valence-corrected chi connectivity index (χ4v) is 2.00. The number of ether oxygens (including phenoxy) is 1. The van der Waals surface area contributed by atoms with Crippen molar-refractivity contribution >= 4 is 21.6 Å². The van der Waals surface area contributed by atoms with E-state index in [1.807, 2.05) is 12.1 Å². The summed E-state index contributed by atoms with van der Waals surface area (Å²) in [5.74, 6) is -0.121. The van der Waals surface area contributed by atoms with Crippen molar-refractivity contribution in [3.05, 3.63) is 52.5 Å². The monoisotopic (exact) mass is 310 g/mol. The Morgan fingerprint density at radius 1 is 1.39 bits per heavy atom. The normalized spacial score (nSPS) is 10.2. The molecule has 94 valence electrons. The van der Waals surface area contributed by atoms with E-state index < -0.39 is 0 Å². The van der Waals surface area contributed by atoms with Gasteiger partial charge in [-0.2, -0.15) is 0 Å². The molecule has 1 aromatic heterocycles. The van der Waals surface area contributed by atoms with Crippen LogP contribution in [0.3, 0.4) is 0 Å². The number of rotatable bonds is 4. The highest BCUT2D eigenvalue weighted by Crippen LogP contribution is 2.28. The lowest BCUT2D eigenvalue weighted by Crippen LogP contribution is -2.04. The molecule has 18 heavy (non-hydrogen) atoms. The van der Waals surface area contributed by atoms with E-state index in [0.29, 0.717) is 16.6 Å². The number of benzene rings is 1. The zero-order valence-electron chi connectivity index (χ0n) is 9.78. The summed E-state index contributed by atoms with van der Waals surface area (Å²) < 4.78 is 19.7. The summed E-state index contributed by atoms with van der Waals surface area (Å²) in [6, 6.07) is 7.05. The van der Waals surface area contributed by atoms with Crippen LogP contribution in [0.5, 0.6) is 5.75 Å². The molecule has 0 saturated heterocycles. The van der Waals surface area contributed by atoms with Gasteiger partial charge < -0.3 is 10.1 Å². The molecule has 0 radical (unpaired) electrons. The second-order valence-corrected chi connectivity index (χ2v) is 4.49. The zero-order valence-corrected chi connectivity index (χ0v) is 11.4. The fraction of sp³-hybridized carbons (Fsp3) is 0.154. The first-order valence-electron chi connectivity index (χ1n) is 5.37. The van der Waals surface area contributed by atoms with Crippen molar-refractivity contribution < 1.29 is 9.13 Å². The molecule has 2 rings (SSSR count). The van der Waals surface area contributed by atoms with E-state index in [1.165, 1.54) is 7.11 Å². The van der Waals surface area contributed by atoms with Crippen molar-refractivity contribution in [2.45, 2.75) is 6.54 Å². The summed E-state index contributed by atoms with van der Waals surface area (Å²) in [4.78, 5) is 3.98. The molecule has 0 aliphatic heterocycles. The van der Waals surface area contributed by atoms with Crippen molar-refractivity contribution in [1.29, 1.82) is 0 Å². The molecule has 1 N–H and O–H groups in total. The maximum absolute atomic E-state index is 14.0. The van der Waals surface area contributed by atoms with Crippen molar-refractivity contribution in [3.63, 3.8) is 0 Å². The summed E-state index contributed by atoms with van der Waals surface area (Å²) in [7, 11) is 1.45. The number of halogens is 2. The predicted molar refractivity (Wildman–Crippen MR) is 72.2 cm³/mol. The SMILES string of the molecule is COc1ccc(Br)c(CNc2cccnc2)c1F. The third kappa shape index (κ3) is 2.79.